The molecule has 0 heterocycles. The molecule has 1 rings (SSSR count). The van der Waals surface area contributed by atoms with Crippen molar-refractivity contribution in [3.63, 3.8) is 0 Å². The van der Waals surface area contributed by atoms with E-state index in [1.165, 1.54) is 6.07 Å². The van der Waals surface area contributed by atoms with Crippen LogP contribution >= 0.6 is 11.6 Å². The van der Waals surface area contributed by atoms with Crippen molar-refractivity contribution in [1.29, 1.82) is 0 Å². The van der Waals surface area contributed by atoms with E-state index in [-0.39, 0.29) is 24.6 Å². The lowest BCUT2D eigenvalue weighted by molar-refractivity contribution is -0.387. The minimum atomic E-state index is -3.99. The van der Waals surface area contributed by atoms with Gasteiger partial charge >= 0.3 is 0 Å². The quantitative estimate of drug-likeness (QED) is 0.460. The van der Waals surface area contributed by atoms with E-state index < -0.39 is 25.5 Å². The van der Waals surface area contributed by atoms with Crippen molar-refractivity contribution in [1.82, 2.24) is 4.72 Å². The van der Waals surface area contributed by atoms with Crippen LogP contribution in [0.5, 0.6) is 0 Å². The molecule has 0 spiro atoms. The fraction of sp³-hybridized carbons (Fsp3) is 0.333. The zero-order chi connectivity index (χ0) is 13.8. The van der Waals surface area contributed by atoms with Gasteiger partial charge in [0.1, 0.15) is 0 Å². The van der Waals surface area contributed by atoms with E-state index in [0.717, 1.165) is 12.1 Å². The van der Waals surface area contributed by atoms with Gasteiger partial charge in [-0.2, -0.15) is 0 Å². The van der Waals surface area contributed by atoms with E-state index in [9.17, 15) is 18.5 Å². The Balaban J connectivity index is 3.12. The van der Waals surface area contributed by atoms with Crippen LogP contribution in [-0.4, -0.2) is 31.6 Å². The summed E-state index contributed by atoms with van der Waals surface area (Å²) >= 11 is 5.59. The third kappa shape index (κ3) is 3.64. The number of aliphatic hydroxyl groups is 1. The Hall–Kier alpha value is -1.22. The molecule has 0 unspecified atom stereocenters. The van der Waals surface area contributed by atoms with Crippen molar-refractivity contribution >= 4 is 27.3 Å². The molecular weight excluding hydrogens is 284 g/mol. The molecule has 0 aliphatic rings. The number of nitrogens with zero attached hydrogens (tertiary/aromatic N) is 1. The maximum Gasteiger partial charge on any atom is 0.290 e. The van der Waals surface area contributed by atoms with Crippen LogP contribution in [0.15, 0.2) is 23.1 Å². The summed E-state index contributed by atoms with van der Waals surface area (Å²) in [6, 6.07) is 3.30. The summed E-state index contributed by atoms with van der Waals surface area (Å²) in [5.41, 5.74) is -0.584. The largest absolute Gasteiger partial charge is 0.396 e. The lowest BCUT2D eigenvalue weighted by atomic mass is 10.3. The second kappa shape index (κ2) is 6.10. The highest BCUT2D eigenvalue weighted by atomic mass is 35.5. The first-order chi connectivity index (χ1) is 8.38. The van der Waals surface area contributed by atoms with Crippen LogP contribution in [0.25, 0.3) is 0 Å². The smallest absolute Gasteiger partial charge is 0.290 e. The van der Waals surface area contributed by atoms with Crippen LogP contribution in [0.1, 0.15) is 6.42 Å². The highest BCUT2D eigenvalue weighted by molar-refractivity contribution is 7.89. The molecule has 0 aliphatic carbocycles. The maximum absolute atomic E-state index is 11.8. The lowest BCUT2D eigenvalue weighted by Crippen LogP contribution is -2.26. The molecule has 1 aromatic carbocycles. The fourth-order valence-electron chi connectivity index (χ4n) is 1.22. The molecule has 100 valence electrons. The molecule has 9 heteroatoms. The molecule has 0 saturated carbocycles. The van der Waals surface area contributed by atoms with Crippen molar-refractivity contribution in [3.8, 4) is 0 Å². The Kier molecular flexibility index (Phi) is 5.03. The molecule has 0 amide bonds. The molecule has 2 N–H and O–H groups in total. The molecule has 0 aliphatic heterocycles. The van der Waals surface area contributed by atoms with Gasteiger partial charge in [-0.25, -0.2) is 13.1 Å². The molecule has 0 aromatic heterocycles. The molecule has 0 saturated heterocycles. The number of hydrogen-bond acceptors (Lipinski definition) is 5. The number of halogens is 1. The highest BCUT2D eigenvalue weighted by Crippen LogP contribution is 2.26. The summed E-state index contributed by atoms with van der Waals surface area (Å²) in [5.74, 6) is 0. The number of nitro groups is 1. The number of nitro benzene ring substituents is 1. The third-order valence-electron chi connectivity index (χ3n) is 2.03. The monoisotopic (exact) mass is 294 g/mol. The predicted octanol–water partition coefficient (Wildman–Crippen LogP) is 0.909. The molecule has 0 radical (unpaired) electrons. The average molecular weight is 295 g/mol. The SMILES string of the molecule is O=[N+]([O-])c1cc(Cl)ccc1S(=O)(=O)NCCCO. The molecule has 1 aromatic rings. The van der Waals surface area contributed by atoms with E-state index in [0.29, 0.717) is 0 Å². The fourth-order valence-corrected chi connectivity index (χ4v) is 2.61. The molecule has 0 atom stereocenters. The van der Waals surface area contributed by atoms with Crippen LogP contribution in [0.2, 0.25) is 5.02 Å². The Bertz CT molecular complexity index is 546. The van der Waals surface area contributed by atoms with Crippen LogP contribution < -0.4 is 4.72 Å². The summed E-state index contributed by atoms with van der Waals surface area (Å²) in [7, 11) is -3.99. The second-order valence-electron chi connectivity index (χ2n) is 3.34. The standard InChI is InChI=1S/C9H11ClN2O5S/c10-7-2-3-9(8(6-7)12(14)15)18(16,17)11-4-1-5-13/h2-3,6,11,13H,1,4-5H2. The average Bonchev–Trinajstić information content (AvgIpc) is 2.28. The minimum Gasteiger partial charge on any atom is -0.396 e. The van der Waals surface area contributed by atoms with Gasteiger partial charge in [0.25, 0.3) is 5.69 Å². The Labute approximate surface area is 109 Å². The summed E-state index contributed by atoms with van der Waals surface area (Å²) in [6.07, 6.45) is 0.223. The predicted molar refractivity (Wildman–Crippen MR) is 65.0 cm³/mol. The first-order valence-corrected chi connectivity index (χ1v) is 6.79. The van der Waals surface area contributed by atoms with Gasteiger partial charge in [-0.05, 0) is 18.6 Å². The minimum absolute atomic E-state index is 0.00137. The molecule has 0 fully saturated rings. The number of sulfonamides is 1. The van der Waals surface area contributed by atoms with Gasteiger partial charge in [0.05, 0.1) is 4.92 Å². The summed E-state index contributed by atoms with van der Waals surface area (Å²) in [6.45, 7) is -0.177. The number of hydrogen-bond donors (Lipinski definition) is 2. The number of rotatable bonds is 6. The summed E-state index contributed by atoms with van der Waals surface area (Å²) in [5, 5.41) is 19.4. The number of benzene rings is 1. The van der Waals surface area contributed by atoms with E-state index in [1.54, 1.807) is 0 Å². The molecule has 0 bridgehead atoms. The second-order valence-corrected chi connectivity index (χ2v) is 5.52. The van der Waals surface area contributed by atoms with Crippen molar-refractivity contribution in [2.24, 2.45) is 0 Å². The summed E-state index contributed by atoms with van der Waals surface area (Å²) in [4.78, 5) is 9.50. The molecular formula is C9H11ClN2O5S. The van der Waals surface area contributed by atoms with E-state index in [4.69, 9.17) is 16.7 Å². The van der Waals surface area contributed by atoms with Gasteiger partial charge in [-0.3, -0.25) is 10.1 Å². The number of aliphatic hydroxyl groups excluding tert-OH is 1. The number of nitrogens with one attached hydrogen (secondary N) is 1. The maximum atomic E-state index is 11.8. The normalized spacial score (nSPS) is 11.4. The van der Waals surface area contributed by atoms with Crippen molar-refractivity contribution in [2.75, 3.05) is 13.2 Å². The van der Waals surface area contributed by atoms with Crippen molar-refractivity contribution in [3.05, 3.63) is 33.3 Å². The zero-order valence-corrected chi connectivity index (χ0v) is 10.7. The van der Waals surface area contributed by atoms with Gasteiger partial charge in [0.2, 0.25) is 10.0 Å². The van der Waals surface area contributed by atoms with Gasteiger partial charge in [0.15, 0.2) is 4.90 Å². The van der Waals surface area contributed by atoms with Crippen LogP contribution in [0, 0.1) is 10.1 Å². The van der Waals surface area contributed by atoms with Gasteiger partial charge in [-0.1, -0.05) is 11.6 Å². The zero-order valence-electron chi connectivity index (χ0n) is 9.17. The van der Waals surface area contributed by atoms with Gasteiger partial charge < -0.3 is 5.11 Å². The van der Waals surface area contributed by atoms with E-state index in [2.05, 4.69) is 4.72 Å². The first kappa shape index (κ1) is 14.8. The Morgan fingerprint density at radius 1 is 1.44 bits per heavy atom. The topological polar surface area (TPSA) is 110 Å². The van der Waals surface area contributed by atoms with Crippen molar-refractivity contribution < 1.29 is 18.4 Å². The molecule has 7 nitrogen and oxygen atoms in total. The van der Waals surface area contributed by atoms with Gasteiger partial charge in [0, 0.05) is 24.2 Å². The Morgan fingerprint density at radius 2 is 2.11 bits per heavy atom. The third-order valence-corrected chi connectivity index (χ3v) is 3.78. The van der Waals surface area contributed by atoms with Crippen molar-refractivity contribution in [2.45, 2.75) is 11.3 Å². The highest BCUT2D eigenvalue weighted by Gasteiger charge is 2.25. The summed E-state index contributed by atoms with van der Waals surface area (Å²) < 4.78 is 25.8. The van der Waals surface area contributed by atoms with Gasteiger partial charge in [-0.15, -0.1) is 0 Å². The lowest BCUT2D eigenvalue weighted by Gasteiger charge is -2.06. The van der Waals surface area contributed by atoms with Crippen LogP contribution in [-0.2, 0) is 10.0 Å². The van der Waals surface area contributed by atoms with Crippen LogP contribution in [0.4, 0.5) is 5.69 Å². The van der Waals surface area contributed by atoms with E-state index in [1.807, 2.05) is 0 Å². The van der Waals surface area contributed by atoms with E-state index >= 15 is 0 Å². The van der Waals surface area contributed by atoms with Crippen LogP contribution in [0.3, 0.4) is 0 Å². The first-order valence-electron chi connectivity index (χ1n) is 4.93. The molecule has 18 heavy (non-hydrogen) atoms. The Morgan fingerprint density at radius 3 is 2.67 bits per heavy atom.